The van der Waals surface area contributed by atoms with Crippen molar-refractivity contribution in [2.75, 3.05) is 0 Å². The first kappa shape index (κ1) is 9.87. The highest BCUT2D eigenvalue weighted by atomic mass is 79.9. The number of halogens is 2. The molecule has 0 aliphatic carbocycles. The fourth-order valence-electron chi connectivity index (χ4n) is 1.39. The Morgan fingerprint density at radius 2 is 1.86 bits per heavy atom. The van der Waals surface area contributed by atoms with Gasteiger partial charge in [0.15, 0.2) is 6.29 Å². The molecule has 3 heteroatoms. The average molecular weight is 314 g/mol. The van der Waals surface area contributed by atoms with Crippen molar-refractivity contribution in [1.82, 2.24) is 0 Å². The molecule has 0 amide bonds. The van der Waals surface area contributed by atoms with Gasteiger partial charge in [-0.25, -0.2) is 0 Å². The zero-order valence-electron chi connectivity index (χ0n) is 7.13. The van der Waals surface area contributed by atoms with Crippen LogP contribution in [-0.2, 0) is 0 Å². The van der Waals surface area contributed by atoms with Gasteiger partial charge < -0.3 is 0 Å². The highest BCUT2D eigenvalue weighted by Gasteiger charge is 2.08. The van der Waals surface area contributed by atoms with E-state index in [9.17, 15) is 4.79 Å². The molecule has 0 radical (unpaired) electrons. The van der Waals surface area contributed by atoms with Crippen LogP contribution in [0.1, 0.15) is 10.4 Å². The molecule has 0 heterocycles. The molecule has 0 aliphatic heterocycles. The van der Waals surface area contributed by atoms with Crippen molar-refractivity contribution in [3.63, 3.8) is 0 Å². The molecule has 0 bridgehead atoms. The second-order valence-electron chi connectivity index (χ2n) is 2.93. The third kappa shape index (κ3) is 1.51. The van der Waals surface area contributed by atoms with E-state index in [0.29, 0.717) is 5.56 Å². The Balaban J connectivity index is 2.92. The second-order valence-corrected chi connectivity index (χ2v) is 4.57. The molecule has 0 saturated heterocycles. The lowest BCUT2D eigenvalue weighted by Crippen LogP contribution is -1.86. The Bertz CT molecular complexity index is 506. The van der Waals surface area contributed by atoms with Gasteiger partial charge in [-0.2, -0.15) is 0 Å². The van der Waals surface area contributed by atoms with E-state index >= 15 is 0 Å². The summed E-state index contributed by atoms with van der Waals surface area (Å²) >= 11 is 6.80. The third-order valence-electron chi connectivity index (χ3n) is 2.09. The van der Waals surface area contributed by atoms with E-state index in [-0.39, 0.29) is 0 Å². The number of benzene rings is 2. The Labute approximate surface area is 98.4 Å². The molecule has 0 aromatic heterocycles. The van der Waals surface area contributed by atoms with Crippen molar-refractivity contribution in [2.45, 2.75) is 0 Å². The van der Waals surface area contributed by atoms with Crippen molar-refractivity contribution >= 4 is 48.9 Å². The fraction of sp³-hybridized carbons (Fsp3) is 0. The second kappa shape index (κ2) is 3.83. The maximum Gasteiger partial charge on any atom is 0.152 e. The van der Waals surface area contributed by atoms with E-state index in [0.717, 1.165) is 26.0 Å². The van der Waals surface area contributed by atoms with Gasteiger partial charge in [0, 0.05) is 14.5 Å². The molecule has 2 rings (SSSR count). The van der Waals surface area contributed by atoms with Crippen molar-refractivity contribution in [3.8, 4) is 0 Å². The molecule has 0 N–H and O–H groups in total. The predicted molar refractivity (Wildman–Crippen MR) is 64.7 cm³/mol. The van der Waals surface area contributed by atoms with Crippen LogP contribution in [0, 0.1) is 0 Å². The van der Waals surface area contributed by atoms with Gasteiger partial charge in [0.1, 0.15) is 0 Å². The monoisotopic (exact) mass is 312 g/mol. The number of carbonyl (C=O) groups is 1. The van der Waals surface area contributed by atoms with Crippen LogP contribution < -0.4 is 0 Å². The van der Waals surface area contributed by atoms with Gasteiger partial charge in [0.2, 0.25) is 0 Å². The predicted octanol–water partition coefficient (Wildman–Crippen LogP) is 4.18. The Morgan fingerprint density at radius 3 is 2.57 bits per heavy atom. The van der Waals surface area contributed by atoms with Gasteiger partial charge in [-0.15, -0.1) is 0 Å². The lowest BCUT2D eigenvalue weighted by atomic mass is 10.1. The SMILES string of the molecule is O=Cc1c(Br)cc2ccccc2c1Br. The van der Waals surface area contributed by atoms with Gasteiger partial charge in [0.25, 0.3) is 0 Å². The van der Waals surface area contributed by atoms with Crippen molar-refractivity contribution < 1.29 is 4.79 Å². The van der Waals surface area contributed by atoms with Crippen molar-refractivity contribution in [2.24, 2.45) is 0 Å². The molecule has 0 saturated carbocycles. The summed E-state index contributed by atoms with van der Waals surface area (Å²) in [6, 6.07) is 9.87. The minimum Gasteiger partial charge on any atom is -0.298 e. The van der Waals surface area contributed by atoms with Crippen LogP contribution in [-0.4, -0.2) is 6.29 Å². The van der Waals surface area contributed by atoms with Crippen LogP contribution in [0.5, 0.6) is 0 Å². The Morgan fingerprint density at radius 1 is 1.14 bits per heavy atom. The van der Waals surface area contributed by atoms with Gasteiger partial charge in [-0.3, -0.25) is 4.79 Å². The van der Waals surface area contributed by atoms with Gasteiger partial charge in [0.05, 0.1) is 0 Å². The zero-order chi connectivity index (χ0) is 10.1. The maximum absolute atomic E-state index is 10.8. The van der Waals surface area contributed by atoms with Crippen LogP contribution >= 0.6 is 31.9 Å². The third-order valence-corrected chi connectivity index (χ3v) is 3.60. The Hall–Kier alpha value is -0.670. The molecule has 0 fully saturated rings. The van der Waals surface area contributed by atoms with E-state index < -0.39 is 0 Å². The van der Waals surface area contributed by atoms with E-state index in [1.807, 2.05) is 30.3 Å². The number of rotatable bonds is 1. The van der Waals surface area contributed by atoms with Crippen LogP contribution in [0.4, 0.5) is 0 Å². The molecule has 14 heavy (non-hydrogen) atoms. The topological polar surface area (TPSA) is 17.1 Å². The summed E-state index contributed by atoms with van der Waals surface area (Å²) in [7, 11) is 0. The molecular formula is C11H6Br2O. The number of hydrogen-bond acceptors (Lipinski definition) is 1. The minimum absolute atomic E-state index is 0.656. The summed E-state index contributed by atoms with van der Waals surface area (Å²) in [6.07, 6.45) is 0.848. The maximum atomic E-state index is 10.8. The first-order valence-electron chi connectivity index (χ1n) is 4.06. The quantitative estimate of drug-likeness (QED) is 0.722. The first-order valence-corrected chi connectivity index (χ1v) is 5.64. The molecule has 2 aromatic rings. The molecule has 0 aliphatic rings. The largest absolute Gasteiger partial charge is 0.298 e. The minimum atomic E-state index is 0.656. The van der Waals surface area contributed by atoms with Crippen LogP contribution in [0.15, 0.2) is 39.3 Å². The highest BCUT2D eigenvalue weighted by molar-refractivity contribution is 9.11. The summed E-state index contributed by atoms with van der Waals surface area (Å²) < 4.78 is 1.66. The summed E-state index contributed by atoms with van der Waals surface area (Å²) in [5.41, 5.74) is 0.656. The fourth-order valence-corrected chi connectivity index (χ4v) is 2.87. The summed E-state index contributed by atoms with van der Waals surface area (Å²) in [6.45, 7) is 0. The van der Waals surface area contributed by atoms with E-state index in [2.05, 4.69) is 31.9 Å². The van der Waals surface area contributed by atoms with Gasteiger partial charge in [-0.05, 0) is 48.7 Å². The smallest absolute Gasteiger partial charge is 0.152 e. The van der Waals surface area contributed by atoms with Gasteiger partial charge in [-0.1, -0.05) is 24.3 Å². The molecule has 2 aromatic carbocycles. The lowest BCUT2D eigenvalue weighted by Gasteiger charge is -2.05. The average Bonchev–Trinajstić information content (AvgIpc) is 2.18. The summed E-state index contributed by atoms with van der Waals surface area (Å²) in [4.78, 5) is 10.8. The molecule has 1 nitrogen and oxygen atoms in total. The Kier molecular flexibility index (Phi) is 2.70. The molecular weight excluding hydrogens is 308 g/mol. The van der Waals surface area contributed by atoms with Crippen LogP contribution in [0.3, 0.4) is 0 Å². The van der Waals surface area contributed by atoms with Crippen LogP contribution in [0.2, 0.25) is 0 Å². The van der Waals surface area contributed by atoms with E-state index in [4.69, 9.17) is 0 Å². The first-order chi connectivity index (χ1) is 6.74. The number of aldehydes is 1. The summed E-state index contributed by atoms with van der Waals surface area (Å²) in [5.74, 6) is 0. The number of carbonyl (C=O) groups excluding carboxylic acids is 1. The number of hydrogen-bond donors (Lipinski definition) is 0. The normalized spacial score (nSPS) is 10.4. The lowest BCUT2D eigenvalue weighted by molar-refractivity contribution is 0.112. The van der Waals surface area contributed by atoms with Gasteiger partial charge >= 0.3 is 0 Å². The van der Waals surface area contributed by atoms with Crippen molar-refractivity contribution in [1.29, 1.82) is 0 Å². The van der Waals surface area contributed by atoms with E-state index in [1.54, 1.807) is 0 Å². The molecule has 0 spiro atoms. The molecule has 0 atom stereocenters. The summed E-state index contributed by atoms with van der Waals surface area (Å²) in [5, 5.41) is 2.16. The van der Waals surface area contributed by atoms with Crippen LogP contribution in [0.25, 0.3) is 10.8 Å². The molecule has 0 unspecified atom stereocenters. The van der Waals surface area contributed by atoms with E-state index in [1.165, 1.54) is 0 Å². The standard InChI is InChI=1S/C11H6Br2O/c12-10-5-7-3-1-2-4-8(7)11(13)9(10)6-14/h1-6H. The highest BCUT2D eigenvalue weighted by Crippen LogP contribution is 2.32. The van der Waals surface area contributed by atoms with Crippen molar-refractivity contribution in [3.05, 3.63) is 44.8 Å². The zero-order valence-corrected chi connectivity index (χ0v) is 10.3. The number of fused-ring (bicyclic) bond motifs is 1. The molecule has 70 valence electrons.